The molecule has 0 spiro atoms. The molecule has 3 aliphatic heterocycles. The molecule has 0 unspecified atom stereocenters. The van der Waals surface area contributed by atoms with Crippen LogP contribution in [-0.4, -0.2) is 72.5 Å². The first kappa shape index (κ1) is 23.4. The molecule has 0 saturated carbocycles. The standard InChI is InChI=1S/C29H40N4O/c1-31-26-11-12-27(31)21-33(20-25-9-5-6-10-28(25)30-16-13-26)29(34)22-32-17-14-24(15-18-32)19-23-7-3-2-4-8-23/h2-10,24,26-27,30H,11-22H2,1H3/t26-,27+/m0/s1. The third kappa shape index (κ3) is 5.64. The molecule has 1 N–H and O–H groups in total. The average Bonchev–Trinajstić information content (AvgIpc) is 3.19. The van der Waals surface area contributed by atoms with E-state index in [0.29, 0.717) is 25.2 Å². The number of nitrogens with zero attached hydrogens (tertiary/aromatic N) is 3. The van der Waals surface area contributed by atoms with E-state index in [2.05, 4.69) is 81.7 Å². The Hall–Kier alpha value is -2.37. The largest absolute Gasteiger partial charge is 0.385 e. The number of benzene rings is 2. The molecule has 0 aliphatic carbocycles. The summed E-state index contributed by atoms with van der Waals surface area (Å²) in [6, 6.07) is 20.4. The van der Waals surface area contributed by atoms with Crippen LogP contribution in [-0.2, 0) is 17.8 Å². The second kappa shape index (κ2) is 10.9. The van der Waals surface area contributed by atoms with Gasteiger partial charge in [0.15, 0.2) is 0 Å². The normalized spacial score (nSPS) is 24.8. The smallest absolute Gasteiger partial charge is 0.237 e. The maximum atomic E-state index is 13.6. The molecule has 0 radical (unpaired) electrons. The number of fused-ring (bicyclic) bond motifs is 3. The number of carbonyl (C=O) groups is 1. The Labute approximate surface area is 205 Å². The minimum absolute atomic E-state index is 0.285. The quantitative estimate of drug-likeness (QED) is 0.741. The molecule has 5 heteroatoms. The Bertz CT molecular complexity index is 940. The molecule has 2 aromatic rings. The van der Waals surface area contributed by atoms with Crippen LogP contribution in [0.15, 0.2) is 54.6 Å². The summed E-state index contributed by atoms with van der Waals surface area (Å²) in [4.78, 5) is 20.7. The van der Waals surface area contributed by atoms with Crippen LogP contribution >= 0.6 is 0 Å². The molecule has 182 valence electrons. The fraction of sp³-hybridized carbons (Fsp3) is 0.552. The molecule has 5 rings (SSSR count). The number of rotatable bonds is 4. The number of hydrogen-bond donors (Lipinski definition) is 1. The first-order chi connectivity index (χ1) is 16.7. The van der Waals surface area contributed by atoms with Crippen molar-refractivity contribution in [1.82, 2.24) is 14.7 Å². The van der Waals surface area contributed by atoms with E-state index in [4.69, 9.17) is 0 Å². The van der Waals surface area contributed by atoms with E-state index in [1.54, 1.807) is 0 Å². The molecule has 3 aliphatic rings. The van der Waals surface area contributed by atoms with Gasteiger partial charge in [-0.1, -0.05) is 48.5 Å². The van der Waals surface area contributed by atoms with Gasteiger partial charge < -0.3 is 10.2 Å². The molecule has 2 bridgehead atoms. The third-order valence-corrected chi connectivity index (χ3v) is 8.37. The zero-order valence-electron chi connectivity index (χ0n) is 20.7. The minimum atomic E-state index is 0.285. The summed E-state index contributed by atoms with van der Waals surface area (Å²) in [5.74, 6) is 1.01. The SMILES string of the molecule is CN1[C@@H]2CCNc3ccccc3CN(C(=O)CN3CCC(Cc4ccccc4)CC3)C[C@H]1CC2. The molecular formula is C29H40N4O. The van der Waals surface area contributed by atoms with Crippen molar-refractivity contribution in [3.05, 3.63) is 65.7 Å². The Morgan fingerprint density at radius 1 is 0.912 bits per heavy atom. The Morgan fingerprint density at radius 2 is 1.65 bits per heavy atom. The van der Waals surface area contributed by atoms with Gasteiger partial charge in [-0.3, -0.25) is 14.6 Å². The van der Waals surface area contributed by atoms with Gasteiger partial charge in [0.2, 0.25) is 5.91 Å². The van der Waals surface area contributed by atoms with Gasteiger partial charge in [-0.15, -0.1) is 0 Å². The molecule has 1 amide bonds. The molecule has 5 nitrogen and oxygen atoms in total. The summed E-state index contributed by atoms with van der Waals surface area (Å²) >= 11 is 0. The second-order valence-electron chi connectivity index (χ2n) is 10.6. The maximum absolute atomic E-state index is 13.6. The van der Waals surface area contributed by atoms with Gasteiger partial charge in [-0.2, -0.15) is 0 Å². The van der Waals surface area contributed by atoms with Crippen LogP contribution in [0.25, 0.3) is 0 Å². The fourth-order valence-corrected chi connectivity index (χ4v) is 6.16. The van der Waals surface area contributed by atoms with Crippen LogP contribution in [0.4, 0.5) is 5.69 Å². The van der Waals surface area contributed by atoms with Crippen LogP contribution in [0.2, 0.25) is 0 Å². The number of amides is 1. The van der Waals surface area contributed by atoms with Gasteiger partial charge in [-0.05, 0) is 81.8 Å². The Kier molecular flexibility index (Phi) is 7.51. The molecule has 2 fully saturated rings. The molecule has 0 aromatic heterocycles. The first-order valence-corrected chi connectivity index (χ1v) is 13.2. The number of hydrogen-bond acceptors (Lipinski definition) is 4. The lowest BCUT2D eigenvalue weighted by Crippen LogP contribution is -2.47. The second-order valence-corrected chi connectivity index (χ2v) is 10.6. The van der Waals surface area contributed by atoms with E-state index in [1.165, 1.54) is 42.5 Å². The summed E-state index contributed by atoms with van der Waals surface area (Å²) < 4.78 is 0. The van der Waals surface area contributed by atoms with Gasteiger partial charge in [0, 0.05) is 37.4 Å². The average molecular weight is 461 g/mol. The highest BCUT2D eigenvalue weighted by Gasteiger charge is 2.33. The van der Waals surface area contributed by atoms with Crippen LogP contribution < -0.4 is 5.32 Å². The Balaban J connectivity index is 1.22. The van der Waals surface area contributed by atoms with E-state index in [9.17, 15) is 4.79 Å². The van der Waals surface area contributed by atoms with Crippen molar-refractivity contribution < 1.29 is 4.79 Å². The van der Waals surface area contributed by atoms with Gasteiger partial charge in [0.05, 0.1) is 6.54 Å². The minimum Gasteiger partial charge on any atom is -0.385 e. The Morgan fingerprint density at radius 3 is 2.47 bits per heavy atom. The molecular weight excluding hydrogens is 420 g/mol. The van der Waals surface area contributed by atoms with Crippen molar-refractivity contribution in [2.24, 2.45) is 5.92 Å². The van der Waals surface area contributed by atoms with Crippen molar-refractivity contribution in [3.63, 3.8) is 0 Å². The van der Waals surface area contributed by atoms with E-state index >= 15 is 0 Å². The maximum Gasteiger partial charge on any atom is 0.237 e. The summed E-state index contributed by atoms with van der Waals surface area (Å²) in [6.07, 6.45) is 7.11. The summed E-state index contributed by atoms with van der Waals surface area (Å²) in [5, 5.41) is 3.65. The molecule has 34 heavy (non-hydrogen) atoms. The highest BCUT2D eigenvalue weighted by atomic mass is 16.2. The summed E-state index contributed by atoms with van der Waals surface area (Å²) in [7, 11) is 2.26. The zero-order valence-corrected chi connectivity index (χ0v) is 20.7. The van der Waals surface area contributed by atoms with E-state index in [0.717, 1.165) is 44.9 Å². The van der Waals surface area contributed by atoms with Crippen LogP contribution in [0.1, 0.15) is 43.2 Å². The number of carbonyl (C=O) groups excluding carboxylic acids is 1. The monoisotopic (exact) mass is 460 g/mol. The predicted octanol–water partition coefficient (Wildman–Crippen LogP) is 4.25. The lowest BCUT2D eigenvalue weighted by Gasteiger charge is -2.35. The molecule has 2 saturated heterocycles. The predicted molar refractivity (Wildman–Crippen MR) is 139 cm³/mol. The van der Waals surface area contributed by atoms with Crippen LogP contribution in [0.5, 0.6) is 0 Å². The van der Waals surface area contributed by atoms with E-state index in [1.807, 2.05) is 0 Å². The lowest BCUT2D eigenvalue weighted by atomic mass is 9.90. The topological polar surface area (TPSA) is 38.8 Å². The first-order valence-electron chi connectivity index (χ1n) is 13.2. The molecule has 2 atom stereocenters. The van der Waals surface area contributed by atoms with Crippen molar-refractivity contribution in [2.75, 3.05) is 45.1 Å². The van der Waals surface area contributed by atoms with Gasteiger partial charge in [0.1, 0.15) is 0 Å². The number of likely N-dealkylation sites (tertiary alicyclic amines) is 1. The van der Waals surface area contributed by atoms with Crippen LogP contribution in [0, 0.1) is 5.92 Å². The van der Waals surface area contributed by atoms with Crippen molar-refractivity contribution in [3.8, 4) is 0 Å². The highest BCUT2D eigenvalue weighted by molar-refractivity contribution is 5.78. The van der Waals surface area contributed by atoms with Crippen molar-refractivity contribution >= 4 is 11.6 Å². The number of piperidine rings is 1. The summed E-state index contributed by atoms with van der Waals surface area (Å²) in [6.45, 7) is 5.13. The van der Waals surface area contributed by atoms with Gasteiger partial charge >= 0.3 is 0 Å². The van der Waals surface area contributed by atoms with Gasteiger partial charge in [-0.25, -0.2) is 0 Å². The number of para-hydroxylation sites is 1. The van der Waals surface area contributed by atoms with Crippen molar-refractivity contribution in [1.29, 1.82) is 0 Å². The zero-order chi connectivity index (χ0) is 23.3. The summed E-state index contributed by atoms with van der Waals surface area (Å²) in [5.41, 5.74) is 3.85. The fourth-order valence-electron chi connectivity index (χ4n) is 6.16. The van der Waals surface area contributed by atoms with E-state index in [-0.39, 0.29) is 5.91 Å². The lowest BCUT2D eigenvalue weighted by molar-refractivity contribution is -0.134. The highest BCUT2D eigenvalue weighted by Crippen LogP contribution is 2.28. The van der Waals surface area contributed by atoms with Crippen molar-refractivity contribution in [2.45, 2.75) is 57.2 Å². The number of anilines is 1. The number of nitrogens with one attached hydrogen (secondary N) is 1. The molecule has 2 aromatic carbocycles. The van der Waals surface area contributed by atoms with E-state index < -0.39 is 0 Å². The number of likely N-dealkylation sites (N-methyl/N-ethyl adjacent to an activating group) is 1. The molecule has 3 heterocycles. The van der Waals surface area contributed by atoms with Gasteiger partial charge in [0.25, 0.3) is 0 Å². The van der Waals surface area contributed by atoms with Crippen LogP contribution in [0.3, 0.4) is 0 Å². The third-order valence-electron chi connectivity index (χ3n) is 8.37.